The molecule has 1 amide bonds. The molecular weight excluding hydrogens is 352 g/mol. The van der Waals surface area contributed by atoms with Crippen LogP contribution in [0.25, 0.3) is 0 Å². The summed E-state index contributed by atoms with van der Waals surface area (Å²) in [5.41, 5.74) is 0.428. The van der Waals surface area contributed by atoms with Crippen LogP contribution >= 0.6 is 0 Å². The van der Waals surface area contributed by atoms with E-state index in [-0.39, 0.29) is 17.4 Å². The Morgan fingerprint density at radius 2 is 1.64 bits per heavy atom. The summed E-state index contributed by atoms with van der Waals surface area (Å²) in [7, 11) is 0. The predicted octanol–water partition coefficient (Wildman–Crippen LogP) is 3.26. The SMILES string of the molecule is CC(=O)N1CCOC2(CCN([C@H]3CC4(CC[C@H](C(=O)C(C)C)CC4)C3)CC2)C1. The lowest BCUT2D eigenvalue weighted by Gasteiger charge is -2.57. The number of carbonyl (C=O) groups excluding carboxylic acids is 2. The molecule has 2 aliphatic heterocycles. The quantitative estimate of drug-likeness (QED) is 0.742. The number of piperidine rings is 1. The normalized spacial score (nSPS) is 35.9. The van der Waals surface area contributed by atoms with E-state index in [1.54, 1.807) is 6.92 Å². The number of nitrogens with zero attached hydrogens (tertiary/aromatic N) is 2. The molecule has 0 bridgehead atoms. The van der Waals surface area contributed by atoms with Crippen molar-refractivity contribution in [2.45, 2.75) is 83.8 Å². The third-order valence-electron chi connectivity index (χ3n) is 8.27. The minimum Gasteiger partial charge on any atom is -0.371 e. The Hall–Kier alpha value is -0.940. The van der Waals surface area contributed by atoms with Crippen LogP contribution in [-0.2, 0) is 14.3 Å². The minimum absolute atomic E-state index is 0.100. The molecule has 0 aromatic carbocycles. The van der Waals surface area contributed by atoms with Gasteiger partial charge in [0.25, 0.3) is 0 Å². The fourth-order valence-corrected chi connectivity index (χ4v) is 6.31. The second-order valence-electron chi connectivity index (χ2n) is 10.4. The second-order valence-corrected chi connectivity index (χ2v) is 10.4. The monoisotopic (exact) mass is 390 g/mol. The molecule has 0 unspecified atom stereocenters. The minimum atomic E-state index is -0.100. The van der Waals surface area contributed by atoms with Crippen molar-refractivity contribution in [3.8, 4) is 0 Å². The van der Waals surface area contributed by atoms with E-state index in [1.165, 1.54) is 25.7 Å². The Kier molecular flexibility index (Phi) is 5.60. The molecule has 28 heavy (non-hydrogen) atoms. The van der Waals surface area contributed by atoms with Gasteiger partial charge in [-0.05, 0) is 56.8 Å². The van der Waals surface area contributed by atoms with Crippen molar-refractivity contribution in [1.29, 1.82) is 0 Å². The molecule has 4 rings (SSSR count). The van der Waals surface area contributed by atoms with Gasteiger partial charge in [-0.25, -0.2) is 0 Å². The average molecular weight is 391 g/mol. The van der Waals surface area contributed by atoms with Gasteiger partial charge in [0.2, 0.25) is 5.91 Å². The number of morpholine rings is 1. The first kappa shape index (κ1) is 20.3. The highest BCUT2D eigenvalue weighted by Crippen LogP contribution is 2.55. The highest BCUT2D eigenvalue weighted by Gasteiger charge is 2.50. The highest BCUT2D eigenvalue weighted by molar-refractivity contribution is 5.82. The highest BCUT2D eigenvalue weighted by atomic mass is 16.5. The molecule has 5 nitrogen and oxygen atoms in total. The van der Waals surface area contributed by atoms with Gasteiger partial charge in [0.05, 0.1) is 12.2 Å². The van der Waals surface area contributed by atoms with Crippen molar-refractivity contribution in [3.63, 3.8) is 0 Å². The van der Waals surface area contributed by atoms with Crippen LogP contribution in [0.2, 0.25) is 0 Å². The summed E-state index contributed by atoms with van der Waals surface area (Å²) in [5, 5.41) is 0. The van der Waals surface area contributed by atoms with Gasteiger partial charge in [0.1, 0.15) is 5.78 Å². The number of amides is 1. The molecule has 0 radical (unpaired) electrons. The van der Waals surface area contributed by atoms with Gasteiger partial charge in [-0.2, -0.15) is 0 Å². The smallest absolute Gasteiger partial charge is 0.219 e. The van der Waals surface area contributed by atoms with Gasteiger partial charge >= 0.3 is 0 Å². The molecule has 2 heterocycles. The molecule has 158 valence electrons. The summed E-state index contributed by atoms with van der Waals surface area (Å²) in [6.45, 7) is 10.2. The Labute approximate surface area is 170 Å². The van der Waals surface area contributed by atoms with Gasteiger partial charge in [0.15, 0.2) is 0 Å². The Bertz CT molecular complexity index is 593. The number of hydrogen-bond donors (Lipinski definition) is 0. The van der Waals surface area contributed by atoms with Crippen molar-refractivity contribution in [2.24, 2.45) is 17.3 Å². The van der Waals surface area contributed by atoms with Gasteiger partial charge in [-0.15, -0.1) is 0 Å². The van der Waals surface area contributed by atoms with Crippen LogP contribution in [0.1, 0.15) is 72.1 Å². The topological polar surface area (TPSA) is 49.9 Å². The number of rotatable bonds is 3. The van der Waals surface area contributed by atoms with E-state index in [0.29, 0.717) is 23.7 Å². The number of Topliss-reactive ketones (excluding diaryl/α,β-unsaturated/α-hetero) is 1. The molecule has 2 spiro atoms. The van der Waals surface area contributed by atoms with Crippen LogP contribution in [0.15, 0.2) is 0 Å². The summed E-state index contributed by atoms with van der Waals surface area (Å²) < 4.78 is 6.18. The number of hydrogen-bond acceptors (Lipinski definition) is 4. The maximum Gasteiger partial charge on any atom is 0.219 e. The Morgan fingerprint density at radius 1 is 1.00 bits per heavy atom. The zero-order valence-electron chi connectivity index (χ0n) is 18.0. The summed E-state index contributed by atoms with van der Waals surface area (Å²) in [6.07, 6.45) is 9.47. The van der Waals surface area contributed by atoms with E-state index in [9.17, 15) is 9.59 Å². The van der Waals surface area contributed by atoms with Crippen molar-refractivity contribution in [2.75, 3.05) is 32.8 Å². The van der Waals surface area contributed by atoms with Gasteiger partial charge in [-0.3, -0.25) is 9.59 Å². The van der Waals surface area contributed by atoms with E-state index in [0.717, 1.165) is 57.9 Å². The van der Waals surface area contributed by atoms with Crippen LogP contribution in [0.4, 0.5) is 0 Å². The average Bonchev–Trinajstić information content (AvgIpc) is 2.66. The van der Waals surface area contributed by atoms with Gasteiger partial charge < -0.3 is 14.5 Å². The zero-order chi connectivity index (χ0) is 19.9. The molecule has 2 saturated heterocycles. The first-order valence-electron chi connectivity index (χ1n) is 11.5. The largest absolute Gasteiger partial charge is 0.371 e. The van der Waals surface area contributed by atoms with Crippen LogP contribution in [-0.4, -0.2) is 65.9 Å². The first-order chi connectivity index (χ1) is 13.3. The summed E-state index contributed by atoms with van der Waals surface area (Å²) in [5.74, 6) is 1.18. The maximum atomic E-state index is 12.3. The van der Waals surface area contributed by atoms with Crippen LogP contribution < -0.4 is 0 Å². The third kappa shape index (κ3) is 3.89. The van der Waals surface area contributed by atoms with Crippen LogP contribution in [0.3, 0.4) is 0 Å². The second kappa shape index (κ2) is 7.71. The maximum absolute atomic E-state index is 12.3. The van der Waals surface area contributed by atoms with Crippen molar-refractivity contribution in [1.82, 2.24) is 9.80 Å². The van der Waals surface area contributed by atoms with Crippen molar-refractivity contribution >= 4 is 11.7 Å². The molecule has 5 heteroatoms. The van der Waals surface area contributed by atoms with E-state index in [2.05, 4.69) is 4.90 Å². The standard InChI is InChI=1S/C23H38N2O3/c1-17(2)21(27)19-4-6-22(7-5-19)14-20(15-22)24-10-8-23(9-11-24)16-25(18(3)26)12-13-28-23/h17,19-20H,4-16H2,1-3H3/t19-,20-,22?. The third-order valence-corrected chi connectivity index (χ3v) is 8.27. The molecule has 4 fully saturated rings. The van der Waals surface area contributed by atoms with E-state index < -0.39 is 0 Å². The van der Waals surface area contributed by atoms with Gasteiger partial charge in [0, 0.05) is 51.0 Å². The first-order valence-corrected chi connectivity index (χ1v) is 11.5. The van der Waals surface area contributed by atoms with E-state index in [1.807, 2.05) is 18.7 Å². The Balaban J connectivity index is 1.24. The molecule has 0 atom stereocenters. The molecule has 2 aliphatic carbocycles. The fraction of sp³-hybridized carbons (Fsp3) is 0.913. The lowest BCUT2D eigenvalue weighted by molar-refractivity contribution is -0.163. The summed E-state index contributed by atoms with van der Waals surface area (Å²) >= 11 is 0. The molecular formula is C23H38N2O3. The number of likely N-dealkylation sites (tertiary alicyclic amines) is 1. The molecule has 0 N–H and O–H groups in total. The zero-order valence-corrected chi connectivity index (χ0v) is 18.0. The molecule has 0 aromatic heterocycles. The summed E-state index contributed by atoms with van der Waals surface area (Å²) in [6, 6.07) is 0.724. The summed E-state index contributed by atoms with van der Waals surface area (Å²) in [4.78, 5) is 28.7. The number of ether oxygens (including phenoxy) is 1. The Morgan fingerprint density at radius 3 is 2.21 bits per heavy atom. The number of carbonyl (C=O) groups is 2. The van der Waals surface area contributed by atoms with Crippen LogP contribution in [0.5, 0.6) is 0 Å². The van der Waals surface area contributed by atoms with E-state index in [4.69, 9.17) is 4.74 Å². The molecule has 2 saturated carbocycles. The van der Waals surface area contributed by atoms with Crippen molar-refractivity contribution in [3.05, 3.63) is 0 Å². The van der Waals surface area contributed by atoms with E-state index >= 15 is 0 Å². The van der Waals surface area contributed by atoms with Crippen molar-refractivity contribution < 1.29 is 14.3 Å². The molecule has 4 aliphatic rings. The lowest BCUT2D eigenvalue weighted by atomic mass is 9.56. The lowest BCUT2D eigenvalue weighted by Crippen LogP contribution is -2.61. The predicted molar refractivity (Wildman–Crippen MR) is 109 cm³/mol. The van der Waals surface area contributed by atoms with Gasteiger partial charge in [-0.1, -0.05) is 13.8 Å². The fourth-order valence-electron chi connectivity index (χ4n) is 6.31. The molecule has 0 aromatic rings. The van der Waals surface area contributed by atoms with Crippen LogP contribution in [0, 0.1) is 17.3 Å². The number of ketones is 1.